The summed E-state index contributed by atoms with van der Waals surface area (Å²) in [6.45, 7) is 11.5. The summed E-state index contributed by atoms with van der Waals surface area (Å²) in [7, 11) is 0. The molecule has 0 heterocycles. The zero-order chi connectivity index (χ0) is 6.57. The highest BCUT2D eigenvalue weighted by atomic mass is 14.0. The maximum atomic E-state index is 3.86. The quantitative estimate of drug-likeness (QED) is 0.478. The normalized spacial score (nSPS) is 13.0. The number of allylic oxidation sites excluding steroid dienone is 1. The van der Waals surface area contributed by atoms with Crippen molar-refractivity contribution in [2.24, 2.45) is 11.8 Å². The van der Waals surface area contributed by atoms with Gasteiger partial charge in [-0.3, -0.25) is 0 Å². The minimum atomic E-state index is 0.462. The van der Waals surface area contributed by atoms with Crippen molar-refractivity contribution in [2.75, 3.05) is 0 Å². The largest absolute Gasteiger partial charge is 0.133 e. The van der Waals surface area contributed by atoms with Gasteiger partial charge in [0, 0.05) is 0 Å². The summed E-state index contributed by atoms with van der Waals surface area (Å²) in [4.78, 5) is 0. The number of rotatable bonds is 2. The van der Waals surface area contributed by atoms with Crippen molar-refractivity contribution in [3.05, 3.63) is 25.3 Å². The highest BCUT2D eigenvalue weighted by Gasteiger charge is 1.99. The summed E-state index contributed by atoms with van der Waals surface area (Å²) < 4.78 is 0. The fourth-order valence-electron chi connectivity index (χ4n) is 0.350. The Morgan fingerprint density at radius 1 is 1.50 bits per heavy atom. The molecule has 0 aromatic rings. The van der Waals surface area contributed by atoms with Gasteiger partial charge in [0.1, 0.15) is 0 Å². The summed E-state index contributed by atoms with van der Waals surface area (Å²) >= 11 is 0. The Morgan fingerprint density at radius 3 is 2.12 bits per heavy atom. The lowest BCUT2D eigenvalue weighted by Gasteiger charge is -2.06. The van der Waals surface area contributed by atoms with Gasteiger partial charge in [-0.2, -0.15) is 0 Å². The molecule has 0 fully saturated rings. The molecule has 2 atom stereocenters. The van der Waals surface area contributed by atoms with Crippen LogP contribution in [-0.2, 0) is 0 Å². The Hall–Kier alpha value is -0.480. The second-order valence-electron chi connectivity index (χ2n) is 2.21. The summed E-state index contributed by atoms with van der Waals surface area (Å²) in [5, 5.41) is 0. The van der Waals surface area contributed by atoms with E-state index in [9.17, 15) is 0 Å². The molecule has 0 nitrogen and oxygen atoms in total. The third kappa shape index (κ3) is 2.65. The lowest BCUT2D eigenvalue weighted by Crippen LogP contribution is -1.98. The summed E-state index contributed by atoms with van der Waals surface area (Å²) in [6.07, 6.45) is 1.94. The lowest BCUT2D eigenvalue weighted by atomic mass is 9.98. The molecule has 0 aromatic heterocycles. The molecule has 0 amide bonds. The van der Waals surface area contributed by atoms with E-state index in [1.165, 1.54) is 0 Å². The van der Waals surface area contributed by atoms with Crippen LogP contribution in [0.3, 0.4) is 0 Å². The van der Waals surface area contributed by atoms with Crippen molar-refractivity contribution in [3.8, 4) is 0 Å². The van der Waals surface area contributed by atoms with Crippen molar-refractivity contribution in [1.82, 2.24) is 0 Å². The molecule has 2 unspecified atom stereocenters. The molecule has 0 aliphatic heterocycles. The first-order valence-corrected chi connectivity index (χ1v) is 2.87. The first-order chi connectivity index (χ1) is 3.68. The maximum absolute atomic E-state index is 3.86. The predicted molar refractivity (Wildman–Crippen MR) is 37.4 cm³/mol. The lowest BCUT2D eigenvalue weighted by molar-refractivity contribution is 0.555. The van der Waals surface area contributed by atoms with Gasteiger partial charge in [-0.25, -0.2) is 0 Å². The van der Waals surface area contributed by atoms with Crippen LogP contribution in [-0.4, -0.2) is 0 Å². The van der Waals surface area contributed by atoms with E-state index in [0.29, 0.717) is 11.8 Å². The van der Waals surface area contributed by atoms with Crippen molar-refractivity contribution in [3.63, 3.8) is 0 Å². The average Bonchev–Trinajstić information content (AvgIpc) is 1.67. The Morgan fingerprint density at radius 2 is 2.00 bits per heavy atom. The van der Waals surface area contributed by atoms with Crippen LogP contribution in [0, 0.1) is 18.8 Å². The van der Waals surface area contributed by atoms with Gasteiger partial charge in [0.05, 0.1) is 0 Å². The van der Waals surface area contributed by atoms with Crippen molar-refractivity contribution in [1.29, 1.82) is 0 Å². The molecule has 0 aliphatic rings. The molecular weight excluding hydrogens is 96.1 g/mol. The van der Waals surface area contributed by atoms with Crippen LogP contribution in [0.5, 0.6) is 0 Å². The highest BCUT2D eigenvalue weighted by molar-refractivity contribution is 4.85. The van der Waals surface area contributed by atoms with E-state index < -0.39 is 0 Å². The van der Waals surface area contributed by atoms with Crippen LogP contribution >= 0.6 is 0 Å². The summed E-state index contributed by atoms with van der Waals surface area (Å²) in [6, 6.07) is 0. The predicted octanol–water partition coefficient (Wildman–Crippen LogP) is 2.43. The molecule has 8 heavy (non-hydrogen) atoms. The fraction of sp³-hybridized carbons (Fsp3) is 0.500. The SMILES string of the molecule is [CH2]C(C)C(C)C=C=C. The first kappa shape index (κ1) is 7.52. The highest BCUT2D eigenvalue weighted by Crippen LogP contribution is 2.08. The molecule has 0 saturated heterocycles. The zero-order valence-corrected chi connectivity index (χ0v) is 5.65. The molecule has 0 heteroatoms. The second-order valence-corrected chi connectivity index (χ2v) is 2.21. The molecule has 1 radical (unpaired) electrons. The molecule has 0 N–H and O–H groups in total. The Labute approximate surface area is 51.9 Å². The third-order valence-electron chi connectivity index (χ3n) is 1.28. The second kappa shape index (κ2) is 3.51. The van der Waals surface area contributed by atoms with Crippen LogP contribution in [0.25, 0.3) is 0 Å². The maximum Gasteiger partial charge on any atom is -0.0160 e. The molecule has 45 valence electrons. The van der Waals surface area contributed by atoms with E-state index in [-0.39, 0.29) is 0 Å². The van der Waals surface area contributed by atoms with E-state index in [1.54, 1.807) is 0 Å². The van der Waals surface area contributed by atoms with Crippen molar-refractivity contribution in [2.45, 2.75) is 13.8 Å². The Balaban J connectivity index is 3.63. The topological polar surface area (TPSA) is 0 Å². The van der Waals surface area contributed by atoms with Gasteiger partial charge in [-0.1, -0.05) is 20.4 Å². The van der Waals surface area contributed by atoms with E-state index in [2.05, 4.69) is 33.1 Å². The van der Waals surface area contributed by atoms with Gasteiger partial charge >= 0.3 is 0 Å². The third-order valence-corrected chi connectivity index (χ3v) is 1.28. The summed E-state index contributed by atoms with van der Waals surface area (Å²) in [5.41, 5.74) is 2.73. The van der Waals surface area contributed by atoms with E-state index >= 15 is 0 Å². The summed E-state index contributed by atoms with van der Waals surface area (Å²) in [5.74, 6) is 0.969. The number of hydrogen-bond acceptors (Lipinski definition) is 0. The molecule has 0 saturated carbocycles. The van der Waals surface area contributed by atoms with E-state index in [4.69, 9.17) is 0 Å². The van der Waals surface area contributed by atoms with Crippen LogP contribution in [0.2, 0.25) is 0 Å². The smallest absolute Gasteiger partial charge is 0.0160 e. The first-order valence-electron chi connectivity index (χ1n) is 2.87. The fourth-order valence-corrected chi connectivity index (χ4v) is 0.350. The van der Waals surface area contributed by atoms with Gasteiger partial charge in [0.25, 0.3) is 0 Å². The van der Waals surface area contributed by atoms with Gasteiger partial charge in [-0.15, -0.1) is 5.73 Å². The molecule has 0 aromatic carbocycles. The van der Waals surface area contributed by atoms with Gasteiger partial charge in [0.15, 0.2) is 0 Å². The minimum Gasteiger partial charge on any atom is -0.133 e. The number of hydrogen-bond donors (Lipinski definition) is 0. The van der Waals surface area contributed by atoms with Crippen molar-refractivity contribution >= 4 is 0 Å². The minimum absolute atomic E-state index is 0.462. The molecule has 0 spiro atoms. The molecule has 0 rings (SSSR count). The van der Waals surface area contributed by atoms with Crippen molar-refractivity contribution < 1.29 is 0 Å². The average molecular weight is 109 g/mol. The Bertz CT molecular complexity index is 94.6. The zero-order valence-electron chi connectivity index (χ0n) is 5.65. The molecule has 0 bridgehead atoms. The Kier molecular flexibility index (Phi) is 3.30. The molecule has 0 aliphatic carbocycles. The van der Waals surface area contributed by atoms with Gasteiger partial charge < -0.3 is 0 Å². The van der Waals surface area contributed by atoms with Crippen LogP contribution < -0.4 is 0 Å². The van der Waals surface area contributed by atoms with Crippen LogP contribution in [0.4, 0.5) is 0 Å². The monoisotopic (exact) mass is 109 g/mol. The van der Waals surface area contributed by atoms with E-state index in [1.807, 2.05) is 6.08 Å². The van der Waals surface area contributed by atoms with Gasteiger partial charge in [0.2, 0.25) is 0 Å². The van der Waals surface area contributed by atoms with Gasteiger partial charge in [-0.05, 0) is 24.8 Å². The van der Waals surface area contributed by atoms with Crippen LogP contribution in [0.1, 0.15) is 13.8 Å². The van der Waals surface area contributed by atoms with Crippen LogP contribution in [0.15, 0.2) is 18.4 Å². The standard InChI is InChI=1S/C8H13/c1-5-6-8(4)7(2)3/h6-8H,1-2H2,3-4H3. The molecular formula is C8H13. The van der Waals surface area contributed by atoms with E-state index in [0.717, 1.165) is 0 Å².